The van der Waals surface area contributed by atoms with E-state index in [1.54, 1.807) is 0 Å². The Labute approximate surface area is 210 Å². The van der Waals surface area contributed by atoms with Gasteiger partial charge in [0, 0.05) is 11.4 Å². The molecule has 176 valence electrons. The minimum absolute atomic E-state index is 0.354. The van der Waals surface area contributed by atoms with E-state index < -0.39 is 0 Å². The Morgan fingerprint density at radius 1 is 0.829 bits per heavy atom. The molecule has 0 aromatic heterocycles. The third-order valence-corrected chi connectivity index (χ3v) is 9.14. The van der Waals surface area contributed by atoms with Crippen LogP contribution in [0.3, 0.4) is 0 Å². The first-order valence-corrected chi connectivity index (χ1v) is 13.1. The van der Waals surface area contributed by atoms with E-state index in [0.717, 1.165) is 23.3 Å². The van der Waals surface area contributed by atoms with E-state index in [0.29, 0.717) is 24.0 Å². The maximum absolute atomic E-state index is 6.09. The molecule has 4 aliphatic rings. The summed E-state index contributed by atoms with van der Waals surface area (Å²) in [5, 5.41) is 0. The van der Waals surface area contributed by atoms with Crippen molar-refractivity contribution in [1.29, 1.82) is 0 Å². The third kappa shape index (κ3) is 3.91. The summed E-state index contributed by atoms with van der Waals surface area (Å²) in [6.07, 6.45) is 7.29. The molecule has 1 unspecified atom stereocenters. The van der Waals surface area contributed by atoms with Crippen LogP contribution in [0, 0.1) is 23.2 Å². The van der Waals surface area contributed by atoms with Crippen molar-refractivity contribution in [3.8, 4) is 11.5 Å². The SMILES string of the molecule is C[C@@H]1C(B2C=CC=C(c3ccccc3)N2c2ccc(Oc3ccccc3)cc2)C[C@H]2C[C@@H]1C2(C)C. The van der Waals surface area contributed by atoms with Crippen LogP contribution in [0.15, 0.2) is 103 Å². The minimum atomic E-state index is 0.354. The van der Waals surface area contributed by atoms with E-state index in [9.17, 15) is 0 Å². The summed E-state index contributed by atoms with van der Waals surface area (Å²) in [7, 11) is 0. The van der Waals surface area contributed by atoms with Crippen LogP contribution in [0.25, 0.3) is 5.70 Å². The summed E-state index contributed by atoms with van der Waals surface area (Å²) >= 11 is 0. The number of allylic oxidation sites excluding steroid dienone is 2. The van der Waals surface area contributed by atoms with Gasteiger partial charge < -0.3 is 9.55 Å². The molecule has 0 radical (unpaired) electrons. The Morgan fingerprint density at radius 2 is 1.49 bits per heavy atom. The summed E-state index contributed by atoms with van der Waals surface area (Å²) in [6.45, 7) is 7.85. The Morgan fingerprint density at radius 3 is 2.14 bits per heavy atom. The zero-order chi connectivity index (χ0) is 24.0. The van der Waals surface area contributed by atoms with Gasteiger partial charge in [0.1, 0.15) is 11.5 Å². The molecule has 3 aliphatic carbocycles. The second-order valence-electron chi connectivity index (χ2n) is 11.2. The molecule has 35 heavy (non-hydrogen) atoms. The number of anilines is 1. The van der Waals surface area contributed by atoms with Crippen LogP contribution in [-0.2, 0) is 0 Å². The summed E-state index contributed by atoms with van der Waals surface area (Å²) < 4.78 is 6.09. The number of rotatable bonds is 5. The molecule has 3 saturated carbocycles. The Kier molecular flexibility index (Phi) is 5.59. The molecular weight excluding hydrogens is 425 g/mol. The van der Waals surface area contributed by atoms with Crippen LogP contribution in [0.2, 0.25) is 5.82 Å². The lowest BCUT2D eigenvalue weighted by Crippen LogP contribution is -2.58. The van der Waals surface area contributed by atoms with Crippen molar-refractivity contribution in [2.24, 2.45) is 23.2 Å². The molecule has 0 N–H and O–H groups in total. The molecule has 3 aromatic carbocycles. The number of benzene rings is 3. The first-order valence-electron chi connectivity index (χ1n) is 13.1. The number of ether oxygens (including phenoxy) is 1. The normalized spacial score (nSPS) is 26.7. The van der Waals surface area contributed by atoms with Gasteiger partial charge in [0.15, 0.2) is 0 Å². The molecule has 0 amide bonds. The van der Waals surface area contributed by atoms with Gasteiger partial charge in [-0.3, -0.25) is 0 Å². The first-order chi connectivity index (χ1) is 17.0. The van der Waals surface area contributed by atoms with Gasteiger partial charge in [-0.1, -0.05) is 87.8 Å². The highest BCUT2D eigenvalue weighted by Gasteiger charge is 2.58. The monoisotopic (exact) mass is 459 g/mol. The van der Waals surface area contributed by atoms with Crippen molar-refractivity contribution >= 4 is 18.2 Å². The minimum Gasteiger partial charge on any atom is -0.457 e. The van der Waals surface area contributed by atoms with E-state index in [4.69, 9.17) is 4.74 Å². The van der Waals surface area contributed by atoms with E-state index >= 15 is 0 Å². The number of hydrogen-bond acceptors (Lipinski definition) is 2. The van der Waals surface area contributed by atoms with Crippen molar-refractivity contribution in [2.45, 2.75) is 39.4 Å². The molecule has 0 saturated heterocycles. The van der Waals surface area contributed by atoms with Gasteiger partial charge in [-0.05, 0) is 83.4 Å². The molecule has 4 atom stereocenters. The van der Waals surface area contributed by atoms with Crippen LogP contribution in [0.5, 0.6) is 11.5 Å². The highest BCUT2D eigenvalue weighted by Crippen LogP contribution is 2.65. The van der Waals surface area contributed by atoms with E-state index in [-0.39, 0.29) is 0 Å². The number of fused-ring (bicyclic) bond motifs is 2. The van der Waals surface area contributed by atoms with Crippen LogP contribution in [0.1, 0.15) is 39.2 Å². The van der Waals surface area contributed by atoms with Gasteiger partial charge in [-0.25, -0.2) is 0 Å². The lowest BCUT2D eigenvalue weighted by Gasteiger charge is -2.63. The Hall–Kier alpha value is -3.20. The topological polar surface area (TPSA) is 12.5 Å². The van der Waals surface area contributed by atoms with Crippen molar-refractivity contribution in [3.63, 3.8) is 0 Å². The Balaban J connectivity index is 1.34. The lowest BCUT2D eigenvalue weighted by atomic mass is 9.33. The predicted molar refractivity (Wildman–Crippen MR) is 148 cm³/mol. The first kappa shape index (κ1) is 22.3. The smallest absolute Gasteiger partial charge is 0.289 e. The summed E-state index contributed by atoms with van der Waals surface area (Å²) in [5.41, 5.74) is 4.26. The zero-order valence-electron chi connectivity index (χ0n) is 21.0. The average molecular weight is 459 g/mol. The standard InChI is InChI=1S/C32H34BNO/c1-23-29-21-25(32(29,2)3)22-30(23)33-20-10-15-31(24-11-6-4-7-12-24)34(33)26-16-18-28(19-17-26)35-27-13-8-5-9-14-27/h4-20,23,25,29-30H,21-22H2,1-3H3/t23-,25+,29-,30?/m0/s1. The fourth-order valence-electron chi connectivity index (χ4n) is 7.02. The van der Waals surface area contributed by atoms with Gasteiger partial charge in [-0.2, -0.15) is 0 Å². The largest absolute Gasteiger partial charge is 0.457 e. The zero-order valence-corrected chi connectivity index (χ0v) is 21.0. The summed E-state index contributed by atoms with van der Waals surface area (Å²) in [6, 6.07) is 29.5. The van der Waals surface area contributed by atoms with E-state index in [1.165, 1.54) is 29.8 Å². The molecule has 1 aliphatic heterocycles. The Bertz CT molecular complexity index is 1230. The summed E-state index contributed by atoms with van der Waals surface area (Å²) in [5.74, 6) is 7.20. The van der Waals surface area contributed by atoms with Crippen molar-refractivity contribution in [1.82, 2.24) is 0 Å². The quantitative estimate of drug-likeness (QED) is 0.355. The van der Waals surface area contributed by atoms with E-state index in [1.807, 2.05) is 30.3 Å². The van der Waals surface area contributed by atoms with Gasteiger partial charge in [0.2, 0.25) is 0 Å². The molecule has 2 bridgehead atoms. The van der Waals surface area contributed by atoms with Crippen molar-refractivity contribution in [2.75, 3.05) is 4.81 Å². The molecule has 3 fully saturated rings. The number of para-hydroxylation sites is 1. The summed E-state index contributed by atoms with van der Waals surface area (Å²) in [4.78, 5) is 2.58. The number of nitrogens with zero attached hydrogens (tertiary/aromatic N) is 1. The molecule has 3 heteroatoms. The lowest BCUT2D eigenvalue weighted by molar-refractivity contribution is -0.0990. The molecule has 2 nitrogen and oxygen atoms in total. The van der Waals surface area contributed by atoms with Crippen molar-refractivity contribution in [3.05, 3.63) is 109 Å². The van der Waals surface area contributed by atoms with Gasteiger partial charge >= 0.3 is 0 Å². The predicted octanol–water partition coefficient (Wildman–Crippen LogP) is 8.50. The average Bonchev–Trinajstić information content (AvgIpc) is 2.90. The van der Waals surface area contributed by atoms with E-state index in [2.05, 4.69) is 98.3 Å². The fraction of sp³-hybridized carbons (Fsp3) is 0.312. The second kappa shape index (κ2) is 8.79. The molecule has 1 heterocycles. The van der Waals surface area contributed by atoms with Crippen LogP contribution < -0.4 is 9.55 Å². The van der Waals surface area contributed by atoms with Gasteiger partial charge in [-0.15, -0.1) is 0 Å². The molecule has 3 aromatic rings. The van der Waals surface area contributed by atoms with Gasteiger partial charge in [0.25, 0.3) is 6.85 Å². The fourth-order valence-corrected chi connectivity index (χ4v) is 7.02. The van der Waals surface area contributed by atoms with Gasteiger partial charge in [0.05, 0.1) is 0 Å². The molecular formula is C32H34BNO. The highest BCUT2D eigenvalue weighted by atomic mass is 16.5. The van der Waals surface area contributed by atoms with Crippen LogP contribution >= 0.6 is 0 Å². The molecule has 0 spiro atoms. The van der Waals surface area contributed by atoms with Crippen LogP contribution in [0.4, 0.5) is 5.69 Å². The molecule has 7 rings (SSSR count). The number of hydrogen-bond donors (Lipinski definition) is 0. The second-order valence-corrected chi connectivity index (χ2v) is 11.2. The van der Waals surface area contributed by atoms with Crippen molar-refractivity contribution < 1.29 is 4.74 Å². The van der Waals surface area contributed by atoms with Crippen LogP contribution in [-0.4, -0.2) is 6.85 Å². The third-order valence-electron chi connectivity index (χ3n) is 9.14. The highest BCUT2D eigenvalue weighted by molar-refractivity contribution is 6.72. The maximum atomic E-state index is 6.09. The maximum Gasteiger partial charge on any atom is 0.289 e.